The number of likely N-dealkylation sites (N-methyl/N-ethyl adjacent to an activating group) is 1. The molecule has 0 unspecified atom stereocenters. The number of hydrogen-bond donors (Lipinski definition) is 2. The molecule has 2 heterocycles. The molecular weight excluding hydrogens is 375 g/mol. The first kappa shape index (κ1) is 19.0. The van der Waals surface area contributed by atoms with Gasteiger partial charge in [0.1, 0.15) is 16.7 Å². The number of amides is 2. The molecule has 1 aromatic carbocycles. The number of hydrazine groups is 1. The fraction of sp³-hybridized carbons (Fsp3) is 0.353. The number of halogens is 1. The van der Waals surface area contributed by atoms with Crippen molar-refractivity contribution in [2.75, 3.05) is 39.8 Å². The molecule has 3 rings (SSSR count). The zero-order valence-corrected chi connectivity index (χ0v) is 16.0. The highest BCUT2D eigenvalue weighted by molar-refractivity contribution is 8.26. The lowest BCUT2D eigenvalue weighted by Gasteiger charge is -2.30. The van der Waals surface area contributed by atoms with Crippen molar-refractivity contribution in [2.24, 2.45) is 0 Å². The van der Waals surface area contributed by atoms with E-state index in [2.05, 4.69) is 12.5 Å². The number of carbonyl (C=O) groups excluding carboxylic acids is 2. The lowest BCUT2D eigenvalue weighted by atomic mass is 10.2. The second-order valence-electron chi connectivity index (χ2n) is 6.27. The highest BCUT2D eigenvalue weighted by atomic mass is 32.2. The van der Waals surface area contributed by atoms with Gasteiger partial charge in [0.2, 0.25) is 0 Å². The molecule has 0 atom stereocenters. The van der Waals surface area contributed by atoms with Crippen molar-refractivity contribution in [2.45, 2.75) is 0 Å². The smallest absolute Gasteiger partial charge is 0.266 e. The van der Waals surface area contributed by atoms with Crippen LogP contribution in [0.1, 0.15) is 5.56 Å². The number of thiocarbonyl (C=S) groups is 1. The van der Waals surface area contributed by atoms with Crippen molar-refractivity contribution >= 4 is 46.2 Å². The fourth-order valence-electron chi connectivity index (χ4n) is 2.73. The molecule has 1 aromatic rings. The summed E-state index contributed by atoms with van der Waals surface area (Å²) in [6, 6.07) is 6.20. The van der Waals surface area contributed by atoms with Crippen LogP contribution in [0.3, 0.4) is 0 Å². The quantitative estimate of drug-likeness (QED) is 0.550. The Labute approximate surface area is 161 Å². The SMILES string of the molecule is C[NH+]1CCN(NC(=O)CN2C(=O)/C(=C/c3ccccc3F)SC2=S)CC1. The number of carbonyl (C=O) groups is 2. The van der Waals surface area contributed by atoms with Gasteiger partial charge < -0.3 is 4.90 Å². The highest BCUT2D eigenvalue weighted by Crippen LogP contribution is 2.32. The predicted molar refractivity (Wildman–Crippen MR) is 103 cm³/mol. The van der Waals surface area contributed by atoms with Gasteiger partial charge >= 0.3 is 0 Å². The molecule has 26 heavy (non-hydrogen) atoms. The molecule has 2 fully saturated rings. The molecule has 138 valence electrons. The maximum absolute atomic E-state index is 13.8. The van der Waals surface area contributed by atoms with Crippen LogP contribution in [0.5, 0.6) is 0 Å². The molecule has 2 aliphatic rings. The number of nitrogens with zero attached hydrogens (tertiary/aromatic N) is 2. The van der Waals surface area contributed by atoms with E-state index in [1.54, 1.807) is 18.2 Å². The zero-order chi connectivity index (χ0) is 18.7. The van der Waals surface area contributed by atoms with Crippen LogP contribution >= 0.6 is 24.0 Å². The van der Waals surface area contributed by atoms with E-state index in [9.17, 15) is 14.0 Å². The first-order valence-corrected chi connectivity index (χ1v) is 9.52. The topological polar surface area (TPSA) is 57.1 Å². The summed E-state index contributed by atoms with van der Waals surface area (Å²) in [6.45, 7) is 3.30. The van der Waals surface area contributed by atoms with Crippen LogP contribution in [0.15, 0.2) is 29.2 Å². The van der Waals surface area contributed by atoms with Crippen molar-refractivity contribution in [3.05, 3.63) is 40.6 Å². The van der Waals surface area contributed by atoms with Crippen LogP contribution in [0.2, 0.25) is 0 Å². The molecule has 0 aliphatic carbocycles. The van der Waals surface area contributed by atoms with E-state index in [4.69, 9.17) is 12.2 Å². The van der Waals surface area contributed by atoms with Gasteiger partial charge in [-0.15, -0.1) is 0 Å². The minimum Gasteiger partial charge on any atom is -0.335 e. The number of piperazine rings is 1. The third-order valence-electron chi connectivity index (χ3n) is 4.27. The molecule has 2 aliphatic heterocycles. The van der Waals surface area contributed by atoms with Gasteiger partial charge in [-0.05, 0) is 12.1 Å². The minimum atomic E-state index is -0.410. The standard InChI is InChI=1S/C17H19FN4O2S2/c1-20-6-8-21(9-7-20)19-15(23)11-22-16(24)14(26-17(22)25)10-12-4-2-3-5-13(12)18/h2-5,10H,6-9,11H2,1H3,(H,19,23)/p+1/b14-10-. The zero-order valence-electron chi connectivity index (χ0n) is 14.3. The van der Waals surface area contributed by atoms with Gasteiger partial charge in [-0.1, -0.05) is 42.2 Å². The summed E-state index contributed by atoms with van der Waals surface area (Å²) in [5.74, 6) is -1.07. The van der Waals surface area contributed by atoms with Crippen LogP contribution in [0.4, 0.5) is 4.39 Å². The number of benzene rings is 1. The van der Waals surface area contributed by atoms with Crippen LogP contribution in [-0.2, 0) is 9.59 Å². The third kappa shape index (κ3) is 4.47. The van der Waals surface area contributed by atoms with E-state index in [1.165, 1.54) is 21.9 Å². The Morgan fingerprint density at radius 3 is 2.77 bits per heavy atom. The van der Waals surface area contributed by atoms with Gasteiger partial charge in [0.25, 0.3) is 11.8 Å². The molecule has 2 amide bonds. The van der Waals surface area contributed by atoms with Gasteiger partial charge in [-0.25, -0.2) is 9.40 Å². The summed E-state index contributed by atoms with van der Waals surface area (Å²) in [7, 11) is 2.11. The average molecular weight is 396 g/mol. The van der Waals surface area contributed by atoms with Gasteiger partial charge in [0, 0.05) is 5.56 Å². The molecule has 2 N–H and O–H groups in total. The van der Waals surface area contributed by atoms with Gasteiger partial charge in [0.15, 0.2) is 0 Å². The molecule has 9 heteroatoms. The van der Waals surface area contributed by atoms with Gasteiger partial charge in [0.05, 0.1) is 38.1 Å². The monoisotopic (exact) mass is 395 g/mol. The van der Waals surface area contributed by atoms with Crippen LogP contribution in [0, 0.1) is 5.82 Å². The first-order valence-electron chi connectivity index (χ1n) is 8.29. The summed E-state index contributed by atoms with van der Waals surface area (Å²) in [6.07, 6.45) is 1.47. The number of thioether (sulfide) groups is 1. The Hall–Kier alpha value is -1.81. The lowest BCUT2D eigenvalue weighted by Crippen LogP contribution is -3.12. The Balaban J connectivity index is 1.62. The molecule has 0 aromatic heterocycles. The van der Waals surface area contributed by atoms with Crippen LogP contribution in [0.25, 0.3) is 6.08 Å². The molecule has 0 saturated carbocycles. The van der Waals surface area contributed by atoms with E-state index < -0.39 is 5.82 Å². The maximum Gasteiger partial charge on any atom is 0.266 e. The molecule has 6 nitrogen and oxygen atoms in total. The predicted octanol–water partition coefficient (Wildman–Crippen LogP) is -0.112. The van der Waals surface area contributed by atoms with Crippen molar-refractivity contribution in [3.63, 3.8) is 0 Å². The number of hydrogen-bond acceptors (Lipinski definition) is 5. The Morgan fingerprint density at radius 2 is 2.08 bits per heavy atom. The van der Waals surface area contributed by atoms with Gasteiger partial charge in [-0.3, -0.25) is 19.9 Å². The van der Waals surface area contributed by atoms with E-state index >= 15 is 0 Å². The van der Waals surface area contributed by atoms with Gasteiger partial charge in [-0.2, -0.15) is 0 Å². The number of rotatable bonds is 4. The number of quaternary nitrogens is 1. The third-order valence-corrected chi connectivity index (χ3v) is 5.64. The summed E-state index contributed by atoms with van der Waals surface area (Å²) in [5.41, 5.74) is 3.14. The van der Waals surface area contributed by atoms with Crippen LogP contribution < -0.4 is 10.3 Å². The number of nitrogens with one attached hydrogen (secondary N) is 2. The molecule has 0 radical (unpaired) electrons. The molecular formula is C17H20FN4O2S2+. The summed E-state index contributed by atoms with van der Waals surface area (Å²) >= 11 is 6.30. The normalized spacial score (nSPS) is 20.8. The molecule has 2 saturated heterocycles. The maximum atomic E-state index is 13.8. The molecule has 0 bridgehead atoms. The van der Waals surface area contributed by atoms with Crippen molar-refractivity contribution in [1.82, 2.24) is 15.3 Å². The molecule has 0 spiro atoms. The van der Waals surface area contributed by atoms with E-state index in [1.807, 2.05) is 5.01 Å². The second-order valence-corrected chi connectivity index (χ2v) is 7.94. The summed E-state index contributed by atoms with van der Waals surface area (Å²) in [4.78, 5) is 27.8. The summed E-state index contributed by atoms with van der Waals surface area (Å²) < 4.78 is 14.1. The average Bonchev–Trinajstić information content (AvgIpc) is 2.86. The van der Waals surface area contributed by atoms with Crippen LogP contribution in [-0.4, -0.2) is 65.8 Å². The Kier molecular flexibility index (Phi) is 6.02. The van der Waals surface area contributed by atoms with Crippen molar-refractivity contribution in [1.29, 1.82) is 0 Å². The second kappa shape index (κ2) is 8.26. The summed E-state index contributed by atoms with van der Waals surface area (Å²) in [5, 5.41) is 1.86. The minimum absolute atomic E-state index is 0.140. The fourth-order valence-corrected chi connectivity index (χ4v) is 3.97. The van der Waals surface area contributed by atoms with Crippen molar-refractivity contribution < 1.29 is 18.9 Å². The lowest BCUT2D eigenvalue weighted by molar-refractivity contribution is -0.884. The van der Waals surface area contributed by atoms with E-state index in [0.717, 1.165) is 37.9 Å². The van der Waals surface area contributed by atoms with E-state index in [0.29, 0.717) is 14.8 Å². The van der Waals surface area contributed by atoms with Crippen molar-refractivity contribution in [3.8, 4) is 0 Å². The highest BCUT2D eigenvalue weighted by Gasteiger charge is 2.34. The first-order chi connectivity index (χ1) is 12.4. The Bertz CT molecular complexity index is 763. The Morgan fingerprint density at radius 1 is 1.38 bits per heavy atom. The largest absolute Gasteiger partial charge is 0.335 e. The van der Waals surface area contributed by atoms with E-state index in [-0.39, 0.29) is 18.4 Å².